The molecule has 7 nitrogen and oxygen atoms in total. The molecule has 140 valence electrons. The highest BCUT2D eigenvalue weighted by atomic mass is 16.5. The number of nitrogens with one attached hydrogen (secondary N) is 1. The minimum atomic E-state index is -0.972. The number of carboxylic acid groups (broad SMARTS) is 1. The molecule has 0 saturated carbocycles. The maximum Gasteiger partial charge on any atom is 0.326 e. The largest absolute Gasteiger partial charge is 0.480 e. The molecule has 0 aliphatic carbocycles. The van der Waals surface area contributed by atoms with Gasteiger partial charge in [-0.2, -0.15) is 0 Å². The third kappa shape index (κ3) is 4.22. The van der Waals surface area contributed by atoms with E-state index in [1.54, 1.807) is 24.3 Å². The molecular weight excluding hydrogens is 336 g/mol. The number of piperidine rings is 1. The summed E-state index contributed by atoms with van der Waals surface area (Å²) >= 11 is 0. The zero-order chi connectivity index (χ0) is 18.5. The van der Waals surface area contributed by atoms with Gasteiger partial charge in [0.15, 0.2) is 0 Å². The van der Waals surface area contributed by atoms with Crippen molar-refractivity contribution >= 4 is 23.5 Å². The van der Waals surface area contributed by atoms with Crippen LogP contribution in [0.4, 0.5) is 5.69 Å². The molecule has 2 unspecified atom stereocenters. The molecule has 7 heteroatoms. The fraction of sp³-hybridized carbons (Fsp3) is 0.526. The van der Waals surface area contributed by atoms with E-state index < -0.39 is 12.0 Å². The molecule has 2 fully saturated rings. The van der Waals surface area contributed by atoms with E-state index >= 15 is 0 Å². The molecule has 2 N–H and O–H groups in total. The average Bonchev–Trinajstić information content (AvgIpc) is 2.68. The molecule has 0 aromatic heterocycles. The predicted octanol–water partition coefficient (Wildman–Crippen LogP) is 2.13. The van der Waals surface area contributed by atoms with Gasteiger partial charge in [-0.3, -0.25) is 9.59 Å². The van der Waals surface area contributed by atoms with Crippen LogP contribution in [0.5, 0.6) is 0 Å². The molecule has 2 atom stereocenters. The highest BCUT2D eigenvalue weighted by Crippen LogP contribution is 2.22. The Kier molecular flexibility index (Phi) is 5.88. The van der Waals surface area contributed by atoms with Gasteiger partial charge in [0, 0.05) is 24.4 Å². The summed E-state index contributed by atoms with van der Waals surface area (Å²) in [5.41, 5.74) is 0.922. The summed E-state index contributed by atoms with van der Waals surface area (Å²) in [6.07, 6.45) is 3.73. The van der Waals surface area contributed by atoms with Crippen molar-refractivity contribution in [1.82, 2.24) is 4.90 Å². The zero-order valence-corrected chi connectivity index (χ0v) is 14.6. The lowest BCUT2D eigenvalue weighted by atomic mass is 10.00. The van der Waals surface area contributed by atoms with Crippen LogP contribution >= 0.6 is 0 Å². The number of benzene rings is 1. The first-order valence-electron chi connectivity index (χ1n) is 9.08. The fourth-order valence-corrected chi connectivity index (χ4v) is 3.52. The second kappa shape index (κ2) is 8.31. The van der Waals surface area contributed by atoms with Gasteiger partial charge in [-0.1, -0.05) is 6.07 Å². The van der Waals surface area contributed by atoms with Crippen LogP contribution in [0.15, 0.2) is 24.3 Å². The number of likely N-dealkylation sites (tertiary alicyclic amines) is 1. The molecule has 2 amide bonds. The number of ether oxygens (including phenoxy) is 1. The molecule has 2 aliphatic rings. The van der Waals surface area contributed by atoms with Gasteiger partial charge in [0.1, 0.15) is 6.04 Å². The quantitative estimate of drug-likeness (QED) is 0.857. The Balaban J connectivity index is 1.70. The molecule has 1 aromatic rings. The van der Waals surface area contributed by atoms with Crippen LogP contribution in [0, 0.1) is 5.92 Å². The Morgan fingerprint density at radius 3 is 2.73 bits per heavy atom. The molecule has 1 aromatic carbocycles. The minimum absolute atomic E-state index is 0.115. The van der Waals surface area contributed by atoms with E-state index in [4.69, 9.17) is 4.74 Å². The first-order chi connectivity index (χ1) is 12.6. The Morgan fingerprint density at radius 2 is 2.00 bits per heavy atom. The van der Waals surface area contributed by atoms with Gasteiger partial charge in [-0.25, -0.2) is 4.79 Å². The molecule has 26 heavy (non-hydrogen) atoms. The lowest BCUT2D eigenvalue weighted by Crippen LogP contribution is -2.48. The molecule has 0 bridgehead atoms. The Hall–Kier alpha value is -2.41. The van der Waals surface area contributed by atoms with Gasteiger partial charge in [0.05, 0.1) is 12.5 Å². The average molecular weight is 360 g/mol. The number of hydrogen-bond donors (Lipinski definition) is 2. The van der Waals surface area contributed by atoms with Crippen LogP contribution in [0.1, 0.15) is 42.5 Å². The number of aliphatic carboxylic acids is 1. The number of carbonyl (C=O) groups is 3. The molecule has 0 spiro atoms. The standard InChI is InChI=1S/C19H24N2O5/c22-17(14-6-4-10-26-12-14)20-15-7-3-5-13(11-15)18(23)21-9-2-1-8-16(21)19(24)25/h3,5,7,11,14,16H,1-2,4,6,8-10,12H2,(H,20,22)(H,24,25). The normalized spacial score (nSPS) is 23.3. The highest BCUT2D eigenvalue weighted by molar-refractivity contribution is 5.99. The third-order valence-electron chi connectivity index (χ3n) is 4.96. The smallest absolute Gasteiger partial charge is 0.326 e. The molecule has 2 aliphatic heterocycles. The van der Waals surface area contributed by atoms with Crippen molar-refractivity contribution in [2.45, 2.75) is 38.1 Å². The SMILES string of the molecule is O=C(Nc1cccc(C(=O)N2CCCCC2C(=O)O)c1)C1CCCOC1. The third-order valence-corrected chi connectivity index (χ3v) is 4.96. The van der Waals surface area contributed by atoms with Crippen molar-refractivity contribution in [2.24, 2.45) is 5.92 Å². The molecular formula is C19H24N2O5. The Labute approximate surface area is 152 Å². The van der Waals surface area contributed by atoms with E-state index in [9.17, 15) is 19.5 Å². The van der Waals surface area contributed by atoms with E-state index in [1.807, 2.05) is 0 Å². The summed E-state index contributed by atoms with van der Waals surface area (Å²) in [7, 11) is 0. The molecule has 2 saturated heterocycles. The summed E-state index contributed by atoms with van der Waals surface area (Å²) in [6.45, 7) is 1.54. The van der Waals surface area contributed by atoms with E-state index in [1.165, 1.54) is 4.90 Å². The lowest BCUT2D eigenvalue weighted by Gasteiger charge is -2.33. The monoisotopic (exact) mass is 360 g/mol. The van der Waals surface area contributed by atoms with Gasteiger partial charge in [0.2, 0.25) is 5.91 Å². The van der Waals surface area contributed by atoms with Crippen molar-refractivity contribution in [3.05, 3.63) is 29.8 Å². The van der Waals surface area contributed by atoms with E-state index in [0.717, 1.165) is 25.7 Å². The van der Waals surface area contributed by atoms with Crippen LogP contribution < -0.4 is 5.32 Å². The summed E-state index contributed by atoms with van der Waals surface area (Å²) in [6, 6.07) is 5.89. The molecule has 2 heterocycles. The summed E-state index contributed by atoms with van der Waals surface area (Å²) in [5.74, 6) is -1.58. The maximum absolute atomic E-state index is 12.8. The van der Waals surface area contributed by atoms with Crippen LogP contribution in [0.25, 0.3) is 0 Å². The van der Waals surface area contributed by atoms with Crippen LogP contribution in [-0.4, -0.2) is 53.6 Å². The van der Waals surface area contributed by atoms with Gasteiger partial charge in [0.25, 0.3) is 5.91 Å². The maximum atomic E-state index is 12.8. The van der Waals surface area contributed by atoms with Crippen molar-refractivity contribution in [3.63, 3.8) is 0 Å². The van der Waals surface area contributed by atoms with Crippen molar-refractivity contribution < 1.29 is 24.2 Å². The predicted molar refractivity (Wildman–Crippen MR) is 94.9 cm³/mol. The van der Waals surface area contributed by atoms with Gasteiger partial charge in [-0.05, 0) is 50.3 Å². The number of amides is 2. The molecule has 3 rings (SSSR count). The number of carbonyl (C=O) groups excluding carboxylic acids is 2. The van der Waals surface area contributed by atoms with E-state index in [-0.39, 0.29) is 17.7 Å². The van der Waals surface area contributed by atoms with Gasteiger partial charge in [-0.15, -0.1) is 0 Å². The summed E-state index contributed by atoms with van der Waals surface area (Å²) < 4.78 is 5.34. The summed E-state index contributed by atoms with van der Waals surface area (Å²) in [4.78, 5) is 38.0. The fourth-order valence-electron chi connectivity index (χ4n) is 3.52. The Morgan fingerprint density at radius 1 is 1.15 bits per heavy atom. The number of carboxylic acids is 1. The van der Waals surface area contributed by atoms with Crippen LogP contribution in [0.3, 0.4) is 0 Å². The molecule has 0 radical (unpaired) electrons. The van der Waals surface area contributed by atoms with E-state index in [0.29, 0.717) is 37.4 Å². The van der Waals surface area contributed by atoms with Crippen LogP contribution in [-0.2, 0) is 14.3 Å². The highest BCUT2D eigenvalue weighted by Gasteiger charge is 2.32. The van der Waals surface area contributed by atoms with Crippen molar-refractivity contribution in [1.29, 1.82) is 0 Å². The number of anilines is 1. The Bertz CT molecular complexity index is 684. The topological polar surface area (TPSA) is 95.9 Å². The first-order valence-corrected chi connectivity index (χ1v) is 9.08. The van der Waals surface area contributed by atoms with Crippen molar-refractivity contribution in [3.8, 4) is 0 Å². The second-order valence-corrected chi connectivity index (χ2v) is 6.83. The van der Waals surface area contributed by atoms with Gasteiger partial charge >= 0.3 is 5.97 Å². The number of rotatable bonds is 4. The van der Waals surface area contributed by atoms with E-state index in [2.05, 4.69) is 5.32 Å². The first kappa shape index (κ1) is 18.4. The minimum Gasteiger partial charge on any atom is -0.480 e. The number of hydrogen-bond acceptors (Lipinski definition) is 4. The second-order valence-electron chi connectivity index (χ2n) is 6.83. The number of nitrogens with zero attached hydrogens (tertiary/aromatic N) is 1. The summed E-state index contributed by atoms with van der Waals surface area (Å²) in [5, 5.41) is 12.2. The van der Waals surface area contributed by atoms with Crippen molar-refractivity contribution in [2.75, 3.05) is 25.1 Å². The zero-order valence-electron chi connectivity index (χ0n) is 14.6. The van der Waals surface area contributed by atoms with Crippen LogP contribution in [0.2, 0.25) is 0 Å². The lowest BCUT2D eigenvalue weighted by molar-refractivity contribution is -0.143. The van der Waals surface area contributed by atoms with Gasteiger partial charge < -0.3 is 20.1 Å².